The van der Waals surface area contributed by atoms with Crippen molar-refractivity contribution in [2.24, 2.45) is 5.92 Å². The molecule has 1 aromatic heterocycles. The second-order valence-electron chi connectivity index (χ2n) is 4.24. The highest BCUT2D eigenvalue weighted by atomic mass is 16.6. The van der Waals surface area contributed by atoms with Crippen LogP contribution < -0.4 is 5.32 Å². The van der Waals surface area contributed by atoms with Gasteiger partial charge in [-0.25, -0.2) is 4.98 Å². The maximum atomic E-state index is 10.9. The Morgan fingerprint density at radius 1 is 1.56 bits per heavy atom. The monoisotopic (exact) mass is 253 g/mol. The molecule has 2 N–H and O–H groups in total. The van der Waals surface area contributed by atoms with Crippen molar-refractivity contribution in [3.05, 3.63) is 27.9 Å². The number of aromatic nitrogens is 1. The van der Waals surface area contributed by atoms with Gasteiger partial charge in [0, 0.05) is 24.9 Å². The number of hydrogen-bond donors (Lipinski definition) is 2. The lowest BCUT2D eigenvalue weighted by Crippen LogP contribution is -2.16. The fraction of sp³-hybridized carbons (Fsp3) is 0.583. The molecule has 0 aliphatic rings. The maximum absolute atomic E-state index is 10.9. The number of aliphatic hydroxyl groups is 1. The van der Waals surface area contributed by atoms with Gasteiger partial charge in [-0.15, -0.1) is 0 Å². The first kappa shape index (κ1) is 14.4. The molecule has 0 bridgehead atoms. The molecule has 0 radical (unpaired) electrons. The first-order chi connectivity index (χ1) is 8.58. The Bertz CT molecular complexity index is 410. The molecule has 1 atom stereocenters. The number of aliphatic hydroxyl groups excluding tert-OH is 1. The zero-order chi connectivity index (χ0) is 13.5. The van der Waals surface area contributed by atoms with E-state index in [1.807, 2.05) is 6.92 Å². The van der Waals surface area contributed by atoms with E-state index in [9.17, 15) is 10.1 Å². The quantitative estimate of drug-likeness (QED) is 0.574. The van der Waals surface area contributed by atoms with E-state index in [4.69, 9.17) is 5.11 Å². The van der Waals surface area contributed by atoms with E-state index < -0.39 is 4.92 Å². The van der Waals surface area contributed by atoms with Crippen molar-refractivity contribution < 1.29 is 10.0 Å². The van der Waals surface area contributed by atoms with Crippen LogP contribution in [-0.4, -0.2) is 28.2 Å². The molecule has 0 saturated heterocycles. The molecule has 1 heterocycles. The molecule has 1 unspecified atom stereocenters. The Hall–Kier alpha value is -1.69. The number of nitrogens with one attached hydrogen (secondary N) is 1. The van der Waals surface area contributed by atoms with Gasteiger partial charge in [0.15, 0.2) is 0 Å². The Balaban J connectivity index is 2.76. The van der Waals surface area contributed by atoms with Crippen LogP contribution in [0.3, 0.4) is 0 Å². The lowest BCUT2D eigenvalue weighted by atomic mass is 10.0. The first-order valence-electron chi connectivity index (χ1n) is 6.05. The van der Waals surface area contributed by atoms with E-state index >= 15 is 0 Å². The molecule has 1 aromatic rings. The number of anilines is 1. The van der Waals surface area contributed by atoms with E-state index in [1.54, 1.807) is 13.0 Å². The van der Waals surface area contributed by atoms with Crippen molar-refractivity contribution in [3.8, 4) is 0 Å². The van der Waals surface area contributed by atoms with E-state index in [2.05, 4.69) is 10.3 Å². The van der Waals surface area contributed by atoms with Gasteiger partial charge in [0.1, 0.15) is 0 Å². The lowest BCUT2D eigenvalue weighted by Gasteiger charge is -2.14. The van der Waals surface area contributed by atoms with Crippen molar-refractivity contribution in [3.63, 3.8) is 0 Å². The van der Waals surface area contributed by atoms with Gasteiger partial charge in [-0.1, -0.05) is 13.3 Å². The maximum Gasteiger partial charge on any atom is 0.311 e. The number of pyridine rings is 1. The normalized spacial score (nSPS) is 12.2. The second kappa shape index (κ2) is 6.90. The van der Waals surface area contributed by atoms with E-state index in [0.29, 0.717) is 18.8 Å². The zero-order valence-corrected chi connectivity index (χ0v) is 10.7. The predicted molar refractivity (Wildman–Crippen MR) is 69.6 cm³/mol. The average Bonchev–Trinajstić information content (AvgIpc) is 2.34. The summed E-state index contributed by atoms with van der Waals surface area (Å²) in [6.07, 6.45) is 1.59. The minimum absolute atomic E-state index is 0.0144. The fourth-order valence-corrected chi connectivity index (χ4v) is 1.70. The van der Waals surface area contributed by atoms with Crippen LogP contribution in [0.4, 0.5) is 11.5 Å². The Morgan fingerprint density at radius 2 is 2.28 bits per heavy atom. The summed E-state index contributed by atoms with van der Waals surface area (Å²) < 4.78 is 0. The molecule has 6 heteroatoms. The largest absolute Gasteiger partial charge is 0.396 e. The highest BCUT2D eigenvalue weighted by Crippen LogP contribution is 2.22. The zero-order valence-electron chi connectivity index (χ0n) is 10.7. The molecule has 0 spiro atoms. The van der Waals surface area contributed by atoms with Crippen LogP contribution in [0.2, 0.25) is 0 Å². The third-order valence-electron chi connectivity index (χ3n) is 2.88. The number of nitro groups is 1. The van der Waals surface area contributed by atoms with Crippen LogP contribution in [0.1, 0.15) is 25.5 Å². The van der Waals surface area contributed by atoms with Crippen LogP contribution in [-0.2, 0) is 0 Å². The topological polar surface area (TPSA) is 88.3 Å². The second-order valence-corrected chi connectivity index (χ2v) is 4.24. The van der Waals surface area contributed by atoms with Gasteiger partial charge in [-0.05, 0) is 25.3 Å². The average molecular weight is 253 g/mol. The summed E-state index contributed by atoms with van der Waals surface area (Å²) in [7, 11) is 0. The number of rotatable bonds is 7. The number of nitrogens with zero attached hydrogens (tertiary/aromatic N) is 2. The molecule has 0 aliphatic carbocycles. The molecule has 0 amide bonds. The highest BCUT2D eigenvalue weighted by Gasteiger charge is 2.16. The van der Waals surface area contributed by atoms with Crippen molar-refractivity contribution in [1.29, 1.82) is 0 Å². The fourth-order valence-electron chi connectivity index (χ4n) is 1.70. The molecule has 6 nitrogen and oxygen atoms in total. The van der Waals surface area contributed by atoms with Gasteiger partial charge in [-0.3, -0.25) is 10.1 Å². The Labute approximate surface area is 106 Å². The number of hydrogen-bond acceptors (Lipinski definition) is 5. The van der Waals surface area contributed by atoms with Crippen LogP contribution in [0.5, 0.6) is 0 Å². The number of aryl methyl sites for hydroxylation is 1. The van der Waals surface area contributed by atoms with Crippen molar-refractivity contribution >= 4 is 11.5 Å². The third-order valence-corrected chi connectivity index (χ3v) is 2.88. The molecular weight excluding hydrogens is 234 g/mol. The van der Waals surface area contributed by atoms with Gasteiger partial charge in [0.25, 0.3) is 0 Å². The van der Waals surface area contributed by atoms with E-state index in [-0.39, 0.29) is 18.2 Å². The summed E-state index contributed by atoms with van der Waals surface area (Å²) in [6.45, 7) is 4.53. The molecule has 0 aromatic carbocycles. The lowest BCUT2D eigenvalue weighted by molar-refractivity contribution is -0.384. The molecule has 1 rings (SSSR count). The molecule has 0 aliphatic heterocycles. The molecule has 0 saturated carbocycles. The summed E-state index contributed by atoms with van der Waals surface area (Å²) >= 11 is 0. The predicted octanol–water partition coefficient (Wildman–Crippen LogP) is 2.12. The van der Waals surface area contributed by atoms with Gasteiger partial charge in [0.05, 0.1) is 4.92 Å². The SMILES string of the molecule is CCC(CCO)CNc1nc(C)ccc1[N+](=O)[O-]. The Kier molecular flexibility index (Phi) is 5.51. The van der Waals surface area contributed by atoms with E-state index in [0.717, 1.165) is 12.1 Å². The Morgan fingerprint density at radius 3 is 2.83 bits per heavy atom. The van der Waals surface area contributed by atoms with Crippen LogP contribution in [0.15, 0.2) is 12.1 Å². The van der Waals surface area contributed by atoms with Crippen molar-refractivity contribution in [2.75, 3.05) is 18.5 Å². The summed E-state index contributed by atoms with van der Waals surface area (Å²) in [5, 5.41) is 22.8. The smallest absolute Gasteiger partial charge is 0.311 e. The van der Waals surface area contributed by atoms with Gasteiger partial charge < -0.3 is 10.4 Å². The molecule has 18 heavy (non-hydrogen) atoms. The van der Waals surface area contributed by atoms with Crippen molar-refractivity contribution in [2.45, 2.75) is 26.7 Å². The summed E-state index contributed by atoms with van der Waals surface area (Å²) in [4.78, 5) is 14.6. The van der Waals surface area contributed by atoms with E-state index in [1.165, 1.54) is 6.07 Å². The minimum Gasteiger partial charge on any atom is -0.396 e. The standard InChI is InChI=1S/C12H19N3O3/c1-3-10(6-7-16)8-13-12-11(15(17)18)5-4-9(2)14-12/h4-5,10,16H,3,6-8H2,1-2H3,(H,13,14). The highest BCUT2D eigenvalue weighted by molar-refractivity contribution is 5.56. The first-order valence-corrected chi connectivity index (χ1v) is 6.05. The molecule has 0 fully saturated rings. The summed E-state index contributed by atoms with van der Waals surface area (Å²) in [6, 6.07) is 3.08. The van der Waals surface area contributed by atoms with Gasteiger partial charge >= 0.3 is 5.69 Å². The van der Waals surface area contributed by atoms with Gasteiger partial charge in [-0.2, -0.15) is 0 Å². The van der Waals surface area contributed by atoms with Crippen LogP contribution in [0, 0.1) is 23.0 Å². The third kappa shape index (κ3) is 3.96. The van der Waals surface area contributed by atoms with Gasteiger partial charge in [0.2, 0.25) is 5.82 Å². The molecule has 100 valence electrons. The van der Waals surface area contributed by atoms with Crippen LogP contribution in [0.25, 0.3) is 0 Å². The summed E-state index contributed by atoms with van der Waals surface area (Å²) in [5.41, 5.74) is 0.720. The molecular formula is C12H19N3O3. The van der Waals surface area contributed by atoms with Crippen molar-refractivity contribution in [1.82, 2.24) is 4.98 Å². The minimum atomic E-state index is -0.443. The van der Waals surface area contributed by atoms with Crippen LogP contribution >= 0.6 is 0 Å². The summed E-state index contributed by atoms with van der Waals surface area (Å²) in [5.74, 6) is 0.591.